The summed E-state index contributed by atoms with van der Waals surface area (Å²) in [7, 11) is 1.57. The van der Waals surface area contributed by atoms with Crippen LogP contribution in [-0.4, -0.2) is 33.0 Å². The molecule has 1 unspecified atom stereocenters. The minimum atomic E-state index is -1.36. The number of aromatic nitrogens is 2. The fourth-order valence-electron chi connectivity index (χ4n) is 4.74. The number of halogens is 2. The van der Waals surface area contributed by atoms with Gasteiger partial charge in [0.2, 0.25) is 0 Å². The summed E-state index contributed by atoms with van der Waals surface area (Å²) in [4.78, 5) is 24.1. The minimum Gasteiger partial charge on any atom is -0.381 e. The maximum absolute atomic E-state index is 14.0. The van der Waals surface area contributed by atoms with Crippen LogP contribution in [-0.2, 0) is 22.6 Å². The van der Waals surface area contributed by atoms with Gasteiger partial charge in [0.15, 0.2) is 5.72 Å². The number of amides is 1. The fourth-order valence-corrected chi connectivity index (χ4v) is 4.98. The van der Waals surface area contributed by atoms with Gasteiger partial charge >= 0.3 is 0 Å². The van der Waals surface area contributed by atoms with Gasteiger partial charge in [-0.3, -0.25) is 19.7 Å². The highest BCUT2D eigenvalue weighted by atomic mass is 35.5. The Kier molecular flexibility index (Phi) is 6.30. The Labute approximate surface area is 219 Å². The Morgan fingerprint density at radius 2 is 1.75 bits per heavy atom. The van der Waals surface area contributed by atoms with E-state index in [0.717, 1.165) is 5.56 Å². The minimum absolute atomic E-state index is 0.176. The van der Waals surface area contributed by atoms with Crippen molar-refractivity contribution in [3.05, 3.63) is 129 Å². The van der Waals surface area contributed by atoms with Gasteiger partial charge in [-0.05, 0) is 48.9 Å². The Morgan fingerprint density at radius 3 is 2.39 bits per heavy atom. The largest absolute Gasteiger partial charge is 0.381 e. The van der Waals surface area contributed by atoms with E-state index < -0.39 is 11.3 Å². The van der Waals surface area contributed by atoms with Gasteiger partial charge in [-0.2, -0.15) is 0 Å². The van der Waals surface area contributed by atoms with Crippen LogP contribution in [0.3, 0.4) is 0 Å². The summed E-state index contributed by atoms with van der Waals surface area (Å²) in [6.45, 7) is 1.86. The Balaban J connectivity index is 1.67. The first-order valence-electron chi connectivity index (χ1n) is 11.3. The molecule has 2 aromatic carbocycles. The molecule has 0 bridgehead atoms. The molecule has 2 atom stereocenters. The second-order valence-electron chi connectivity index (χ2n) is 8.79. The molecular formula is C28H23Cl2N3O3. The number of fused-ring (bicyclic) bond motifs is 1. The molecule has 0 radical (unpaired) electrons. The predicted molar refractivity (Wildman–Crippen MR) is 138 cm³/mol. The zero-order valence-corrected chi connectivity index (χ0v) is 21.2. The number of carbonyl (C=O) groups excluding carboxylic acids is 1. The molecule has 36 heavy (non-hydrogen) atoms. The summed E-state index contributed by atoms with van der Waals surface area (Å²) in [5.41, 5.74) is 1.09. The van der Waals surface area contributed by atoms with Crippen molar-refractivity contribution < 1.29 is 14.6 Å². The monoisotopic (exact) mass is 519 g/mol. The van der Waals surface area contributed by atoms with E-state index in [1.165, 1.54) is 0 Å². The summed E-state index contributed by atoms with van der Waals surface area (Å²) in [5, 5.41) is 12.5. The zero-order valence-electron chi connectivity index (χ0n) is 19.7. The van der Waals surface area contributed by atoms with Crippen LogP contribution in [0, 0.1) is 0 Å². The molecule has 1 N–H and O–H groups in total. The molecule has 4 aromatic rings. The molecule has 1 amide bonds. The van der Waals surface area contributed by atoms with Gasteiger partial charge in [0.05, 0.1) is 17.3 Å². The summed E-state index contributed by atoms with van der Waals surface area (Å²) < 4.78 is 6.18. The maximum atomic E-state index is 14.0. The molecule has 2 aromatic heterocycles. The van der Waals surface area contributed by atoms with E-state index in [4.69, 9.17) is 27.9 Å². The normalized spacial score (nSPS) is 18.7. The van der Waals surface area contributed by atoms with Crippen molar-refractivity contribution in [3.63, 3.8) is 0 Å². The van der Waals surface area contributed by atoms with Gasteiger partial charge in [0, 0.05) is 53.0 Å². The third kappa shape index (κ3) is 3.96. The van der Waals surface area contributed by atoms with E-state index in [2.05, 4.69) is 9.97 Å². The van der Waals surface area contributed by atoms with Crippen molar-refractivity contribution >= 4 is 29.1 Å². The molecule has 6 nitrogen and oxygen atoms in total. The lowest BCUT2D eigenvalue weighted by atomic mass is 9.85. The molecule has 8 heteroatoms. The van der Waals surface area contributed by atoms with Crippen molar-refractivity contribution in [2.24, 2.45) is 0 Å². The number of benzene rings is 2. The number of methoxy groups -OCH3 is 1. The smallest absolute Gasteiger partial charge is 0.257 e. The van der Waals surface area contributed by atoms with Crippen molar-refractivity contribution in [1.29, 1.82) is 0 Å². The third-order valence-corrected chi connectivity index (χ3v) is 7.14. The topological polar surface area (TPSA) is 75.6 Å². The van der Waals surface area contributed by atoms with Crippen LogP contribution in [0.1, 0.15) is 45.2 Å². The highest BCUT2D eigenvalue weighted by Gasteiger charge is 2.52. The van der Waals surface area contributed by atoms with E-state index >= 15 is 0 Å². The van der Waals surface area contributed by atoms with Gasteiger partial charge in [-0.25, -0.2) is 0 Å². The number of hydrogen-bond acceptors (Lipinski definition) is 5. The number of aliphatic hydroxyl groups is 1. The number of carbonyl (C=O) groups is 1. The SMILES string of the molecule is CO[C@]1(c2ccc(Cl)cc2)c2ccc(C(C)(O)c3cccnc3)cc2C(=O)N1Cc1ccc(Cl)cn1. The van der Waals surface area contributed by atoms with Crippen LogP contribution in [0.2, 0.25) is 10.0 Å². The standard InChI is InChI=1S/C28H23Cl2N3O3/c1-27(35,20-4-3-13-31-15-20)19-7-12-25-24(14-19)26(34)33(17-23-11-10-22(30)16-32-23)28(25,36-2)18-5-8-21(29)9-6-18/h3-16,35H,17H2,1-2H3/t27?,28-/m1/s1. The molecule has 0 spiro atoms. The van der Waals surface area contributed by atoms with Crippen LogP contribution in [0.15, 0.2) is 85.3 Å². The van der Waals surface area contributed by atoms with Crippen molar-refractivity contribution in [1.82, 2.24) is 14.9 Å². The fraction of sp³-hybridized carbons (Fsp3) is 0.179. The van der Waals surface area contributed by atoms with E-state index in [0.29, 0.717) is 38.0 Å². The van der Waals surface area contributed by atoms with E-state index in [-0.39, 0.29) is 12.5 Å². The second-order valence-corrected chi connectivity index (χ2v) is 9.66. The average Bonchev–Trinajstić information content (AvgIpc) is 3.14. The van der Waals surface area contributed by atoms with E-state index in [1.54, 1.807) is 80.0 Å². The third-order valence-electron chi connectivity index (χ3n) is 6.67. The first-order valence-corrected chi connectivity index (χ1v) is 12.0. The molecule has 182 valence electrons. The average molecular weight is 520 g/mol. The quantitative estimate of drug-likeness (QED) is 0.361. The second kappa shape index (κ2) is 9.30. The summed E-state index contributed by atoms with van der Waals surface area (Å²) in [6, 6.07) is 19.7. The first-order chi connectivity index (χ1) is 17.3. The lowest BCUT2D eigenvalue weighted by molar-refractivity contribution is -0.0868. The molecule has 5 rings (SSSR count). The van der Waals surface area contributed by atoms with Crippen LogP contribution in [0.25, 0.3) is 0 Å². The van der Waals surface area contributed by atoms with E-state index in [9.17, 15) is 9.90 Å². The molecule has 1 aliphatic heterocycles. The molecule has 0 saturated heterocycles. The van der Waals surface area contributed by atoms with Gasteiger partial charge in [0.1, 0.15) is 5.60 Å². The van der Waals surface area contributed by atoms with Crippen LogP contribution >= 0.6 is 23.2 Å². The number of pyridine rings is 2. The van der Waals surface area contributed by atoms with E-state index in [1.807, 2.05) is 24.3 Å². The van der Waals surface area contributed by atoms with Gasteiger partial charge in [-0.1, -0.05) is 53.5 Å². The highest BCUT2D eigenvalue weighted by molar-refractivity contribution is 6.30. The molecule has 0 aliphatic carbocycles. The Morgan fingerprint density at radius 1 is 1.00 bits per heavy atom. The predicted octanol–water partition coefficient (Wildman–Crippen LogP) is 5.54. The number of hydrogen-bond donors (Lipinski definition) is 1. The summed E-state index contributed by atoms with van der Waals surface area (Å²) >= 11 is 12.2. The highest BCUT2D eigenvalue weighted by Crippen LogP contribution is 2.47. The number of ether oxygens (including phenoxy) is 1. The van der Waals surface area contributed by atoms with Crippen molar-refractivity contribution in [2.45, 2.75) is 24.8 Å². The molecule has 1 aliphatic rings. The Bertz CT molecular complexity index is 1410. The van der Waals surface area contributed by atoms with Crippen LogP contribution in [0.4, 0.5) is 0 Å². The van der Waals surface area contributed by atoms with Gasteiger partial charge in [0.25, 0.3) is 5.91 Å². The number of rotatable bonds is 6. The van der Waals surface area contributed by atoms with Crippen molar-refractivity contribution in [3.8, 4) is 0 Å². The lowest BCUT2D eigenvalue weighted by Crippen LogP contribution is -2.45. The van der Waals surface area contributed by atoms with Crippen LogP contribution in [0.5, 0.6) is 0 Å². The zero-order chi connectivity index (χ0) is 25.5. The molecule has 3 heterocycles. The maximum Gasteiger partial charge on any atom is 0.257 e. The summed E-state index contributed by atoms with van der Waals surface area (Å²) in [5.74, 6) is -0.248. The molecular weight excluding hydrogens is 497 g/mol. The molecule has 0 fully saturated rings. The lowest BCUT2D eigenvalue weighted by Gasteiger charge is -2.38. The van der Waals surface area contributed by atoms with Crippen LogP contribution < -0.4 is 0 Å². The van der Waals surface area contributed by atoms with Gasteiger partial charge < -0.3 is 9.84 Å². The molecule has 0 saturated carbocycles. The van der Waals surface area contributed by atoms with Gasteiger partial charge in [-0.15, -0.1) is 0 Å². The number of nitrogens with zero attached hydrogens (tertiary/aromatic N) is 3. The first kappa shape index (κ1) is 24.4. The summed E-state index contributed by atoms with van der Waals surface area (Å²) in [6.07, 6.45) is 4.80. The Hall–Kier alpha value is -3.29. The van der Waals surface area contributed by atoms with Crippen molar-refractivity contribution in [2.75, 3.05) is 7.11 Å².